The lowest BCUT2D eigenvalue weighted by Crippen LogP contribution is -2.41. The smallest absolute Gasteiger partial charge is 0.225 e. The number of amides is 1. The van der Waals surface area contributed by atoms with Crippen LogP contribution in [0.4, 0.5) is 0 Å². The van der Waals surface area contributed by atoms with Crippen LogP contribution in [-0.4, -0.2) is 37.0 Å². The van der Waals surface area contributed by atoms with Gasteiger partial charge in [-0.2, -0.15) is 0 Å². The summed E-state index contributed by atoms with van der Waals surface area (Å²) in [6.45, 7) is 2.18. The summed E-state index contributed by atoms with van der Waals surface area (Å²) in [7, 11) is 2.04. The van der Waals surface area contributed by atoms with Crippen LogP contribution in [0, 0.1) is 5.92 Å². The molecule has 0 spiro atoms. The molecule has 1 heterocycles. The van der Waals surface area contributed by atoms with Crippen molar-refractivity contribution in [3.05, 3.63) is 0 Å². The van der Waals surface area contributed by atoms with E-state index in [4.69, 9.17) is 0 Å². The highest BCUT2D eigenvalue weighted by Gasteiger charge is 2.27. The third kappa shape index (κ3) is 4.48. The molecule has 1 unspecified atom stereocenters. The van der Waals surface area contributed by atoms with Crippen LogP contribution < -0.4 is 5.32 Å². The van der Waals surface area contributed by atoms with Gasteiger partial charge in [-0.05, 0) is 45.2 Å². The van der Waals surface area contributed by atoms with E-state index < -0.39 is 0 Å². The Morgan fingerprint density at radius 1 is 0.895 bits per heavy atom. The summed E-state index contributed by atoms with van der Waals surface area (Å²) in [5.41, 5.74) is 0. The second-order valence-corrected chi connectivity index (χ2v) is 6.33. The van der Waals surface area contributed by atoms with Gasteiger partial charge in [-0.3, -0.25) is 4.79 Å². The Balaban J connectivity index is 1.88. The van der Waals surface area contributed by atoms with Crippen molar-refractivity contribution in [2.75, 3.05) is 20.1 Å². The molecule has 2 fully saturated rings. The van der Waals surface area contributed by atoms with Gasteiger partial charge in [0, 0.05) is 19.0 Å². The second kappa shape index (κ2) is 7.88. The Bertz CT molecular complexity index is 264. The monoisotopic (exact) mass is 266 g/mol. The third-order valence-corrected chi connectivity index (χ3v) is 4.90. The van der Waals surface area contributed by atoms with Crippen LogP contribution in [0.2, 0.25) is 0 Å². The Morgan fingerprint density at radius 2 is 1.58 bits per heavy atom. The average molecular weight is 266 g/mol. The average Bonchev–Trinajstić information content (AvgIpc) is 2.65. The maximum atomic E-state index is 12.7. The van der Waals surface area contributed by atoms with Gasteiger partial charge in [0.1, 0.15) is 0 Å². The predicted octanol–water partition coefficient (Wildman–Crippen LogP) is 2.95. The molecule has 1 aliphatic heterocycles. The molecule has 1 saturated heterocycles. The second-order valence-electron chi connectivity index (χ2n) is 6.33. The summed E-state index contributed by atoms with van der Waals surface area (Å²) in [6.07, 6.45) is 12.2. The minimum Gasteiger partial charge on any atom is -0.342 e. The van der Waals surface area contributed by atoms with Crippen LogP contribution in [-0.2, 0) is 4.79 Å². The van der Waals surface area contributed by atoms with E-state index in [2.05, 4.69) is 10.2 Å². The van der Waals surface area contributed by atoms with E-state index in [9.17, 15) is 4.79 Å². The van der Waals surface area contributed by atoms with Crippen molar-refractivity contribution in [2.45, 2.75) is 70.3 Å². The fourth-order valence-corrected chi connectivity index (χ4v) is 3.56. The van der Waals surface area contributed by atoms with E-state index >= 15 is 0 Å². The molecule has 1 aliphatic carbocycles. The van der Waals surface area contributed by atoms with E-state index in [0.717, 1.165) is 32.4 Å². The van der Waals surface area contributed by atoms with Gasteiger partial charge < -0.3 is 10.2 Å². The molecule has 3 nitrogen and oxygen atoms in total. The molecule has 0 aromatic rings. The molecule has 110 valence electrons. The molecule has 2 rings (SSSR count). The standard InChI is InChI=1S/C16H30N2O/c1-18(15-10-7-12-17-13-11-15)16(19)14-8-5-3-2-4-6-9-14/h14-15,17H,2-13H2,1H3. The van der Waals surface area contributed by atoms with Crippen molar-refractivity contribution < 1.29 is 4.79 Å². The molecular weight excluding hydrogens is 236 g/mol. The van der Waals surface area contributed by atoms with Gasteiger partial charge in [0.15, 0.2) is 0 Å². The van der Waals surface area contributed by atoms with Crippen molar-refractivity contribution in [3.8, 4) is 0 Å². The minimum atomic E-state index is 0.307. The summed E-state index contributed by atoms with van der Waals surface area (Å²) < 4.78 is 0. The highest BCUT2D eigenvalue weighted by atomic mass is 16.2. The molecule has 0 aromatic heterocycles. The van der Waals surface area contributed by atoms with Crippen LogP contribution in [0.15, 0.2) is 0 Å². The van der Waals surface area contributed by atoms with Gasteiger partial charge in [0.05, 0.1) is 0 Å². The Kier molecular flexibility index (Phi) is 6.15. The first-order valence-electron chi connectivity index (χ1n) is 8.26. The summed E-state index contributed by atoms with van der Waals surface area (Å²) in [5.74, 6) is 0.732. The molecule has 0 radical (unpaired) electrons. The van der Waals surface area contributed by atoms with Gasteiger partial charge in [-0.25, -0.2) is 0 Å². The number of rotatable bonds is 2. The molecule has 1 amide bonds. The molecule has 3 heteroatoms. The zero-order valence-electron chi connectivity index (χ0n) is 12.5. The van der Waals surface area contributed by atoms with Gasteiger partial charge in [-0.1, -0.05) is 32.1 Å². The van der Waals surface area contributed by atoms with Crippen molar-refractivity contribution in [1.82, 2.24) is 10.2 Å². The molecule has 0 aromatic carbocycles. The SMILES string of the molecule is CN(C(=O)C1CCCCCCC1)C1CCCNCC1. The first-order chi connectivity index (χ1) is 9.29. The molecule has 1 atom stereocenters. The maximum Gasteiger partial charge on any atom is 0.225 e. The van der Waals surface area contributed by atoms with E-state index in [1.807, 2.05) is 7.05 Å². The van der Waals surface area contributed by atoms with Gasteiger partial charge in [0.2, 0.25) is 5.91 Å². The highest BCUT2D eigenvalue weighted by Crippen LogP contribution is 2.25. The number of nitrogens with zero attached hydrogens (tertiary/aromatic N) is 1. The lowest BCUT2D eigenvalue weighted by atomic mass is 9.89. The highest BCUT2D eigenvalue weighted by molar-refractivity contribution is 5.78. The lowest BCUT2D eigenvalue weighted by molar-refractivity contribution is -0.137. The summed E-state index contributed by atoms with van der Waals surface area (Å²) >= 11 is 0. The number of carbonyl (C=O) groups is 1. The Labute approximate surface area is 118 Å². The number of carbonyl (C=O) groups excluding carboxylic acids is 1. The molecule has 0 bridgehead atoms. The fraction of sp³-hybridized carbons (Fsp3) is 0.938. The number of hydrogen-bond donors (Lipinski definition) is 1. The molecule has 1 N–H and O–H groups in total. The minimum absolute atomic E-state index is 0.307. The normalized spacial score (nSPS) is 27.1. The summed E-state index contributed by atoms with van der Waals surface area (Å²) in [5, 5.41) is 3.43. The van der Waals surface area contributed by atoms with E-state index in [0.29, 0.717) is 17.9 Å². The van der Waals surface area contributed by atoms with Crippen LogP contribution in [0.5, 0.6) is 0 Å². The van der Waals surface area contributed by atoms with E-state index in [1.165, 1.54) is 44.9 Å². The van der Waals surface area contributed by atoms with Crippen LogP contribution >= 0.6 is 0 Å². The molecular formula is C16H30N2O. The van der Waals surface area contributed by atoms with Crippen molar-refractivity contribution in [3.63, 3.8) is 0 Å². The first kappa shape index (κ1) is 14.8. The topological polar surface area (TPSA) is 32.3 Å². The largest absolute Gasteiger partial charge is 0.342 e. The fourth-order valence-electron chi connectivity index (χ4n) is 3.56. The Hall–Kier alpha value is -0.570. The molecule has 19 heavy (non-hydrogen) atoms. The van der Waals surface area contributed by atoms with Crippen molar-refractivity contribution >= 4 is 5.91 Å². The first-order valence-corrected chi connectivity index (χ1v) is 8.26. The van der Waals surface area contributed by atoms with Crippen molar-refractivity contribution in [2.24, 2.45) is 5.92 Å². The Morgan fingerprint density at radius 3 is 2.32 bits per heavy atom. The summed E-state index contributed by atoms with van der Waals surface area (Å²) in [4.78, 5) is 14.8. The number of nitrogens with one attached hydrogen (secondary N) is 1. The maximum absolute atomic E-state index is 12.7. The van der Waals surface area contributed by atoms with E-state index in [-0.39, 0.29) is 0 Å². The summed E-state index contributed by atoms with van der Waals surface area (Å²) in [6, 6.07) is 0.466. The van der Waals surface area contributed by atoms with Gasteiger partial charge in [0.25, 0.3) is 0 Å². The zero-order chi connectivity index (χ0) is 13.5. The third-order valence-electron chi connectivity index (χ3n) is 4.90. The van der Waals surface area contributed by atoms with Crippen molar-refractivity contribution in [1.29, 1.82) is 0 Å². The predicted molar refractivity (Wildman–Crippen MR) is 79.1 cm³/mol. The quantitative estimate of drug-likeness (QED) is 0.833. The van der Waals surface area contributed by atoms with Crippen LogP contribution in [0.1, 0.15) is 64.2 Å². The number of hydrogen-bond acceptors (Lipinski definition) is 2. The lowest BCUT2D eigenvalue weighted by Gasteiger charge is -2.31. The van der Waals surface area contributed by atoms with Gasteiger partial charge in [-0.15, -0.1) is 0 Å². The van der Waals surface area contributed by atoms with E-state index in [1.54, 1.807) is 0 Å². The zero-order valence-corrected chi connectivity index (χ0v) is 12.5. The van der Waals surface area contributed by atoms with Crippen LogP contribution in [0.3, 0.4) is 0 Å². The molecule has 2 aliphatic rings. The molecule has 1 saturated carbocycles. The van der Waals surface area contributed by atoms with Crippen LogP contribution in [0.25, 0.3) is 0 Å². The van der Waals surface area contributed by atoms with Gasteiger partial charge >= 0.3 is 0 Å².